The van der Waals surface area contributed by atoms with Gasteiger partial charge in [0.05, 0.1) is 7.11 Å². The molecule has 0 aromatic heterocycles. The molecule has 104 valence electrons. The van der Waals surface area contributed by atoms with E-state index in [1.807, 2.05) is 13.8 Å². The van der Waals surface area contributed by atoms with Gasteiger partial charge < -0.3 is 15.4 Å². The first-order valence-corrected chi connectivity index (χ1v) is 6.65. The second-order valence-electron chi connectivity index (χ2n) is 5.14. The summed E-state index contributed by atoms with van der Waals surface area (Å²) in [4.78, 5) is 23.3. The fourth-order valence-electron chi connectivity index (χ4n) is 2.18. The average Bonchev–Trinajstić information content (AvgIpc) is 2.85. The van der Waals surface area contributed by atoms with E-state index >= 15 is 0 Å². The number of carbonyl (C=O) groups is 2. The van der Waals surface area contributed by atoms with E-state index in [9.17, 15) is 9.59 Å². The molecule has 0 radical (unpaired) electrons. The summed E-state index contributed by atoms with van der Waals surface area (Å²) < 4.78 is 4.69. The lowest BCUT2D eigenvalue weighted by atomic mass is 10.0. The molecule has 0 aromatic carbocycles. The van der Waals surface area contributed by atoms with Gasteiger partial charge >= 0.3 is 5.97 Å². The van der Waals surface area contributed by atoms with E-state index in [4.69, 9.17) is 0 Å². The van der Waals surface area contributed by atoms with Crippen molar-refractivity contribution >= 4 is 11.9 Å². The van der Waals surface area contributed by atoms with Crippen molar-refractivity contribution in [3.05, 3.63) is 0 Å². The van der Waals surface area contributed by atoms with E-state index in [0.29, 0.717) is 12.5 Å². The minimum absolute atomic E-state index is 0.0333. The van der Waals surface area contributed by atoms with E-state index < -0.39 is 6.04 Å². The normalized spacial score (nSPS) is 20.8. The quantitative estimate of drug-likeness (QED) is 0.691. The highest BCUT2D eigenvalue weighted by Gasteiger charge is 2.25. The zero-order valence-corrected chi connectivity index (χ0v) is 11.5. The molecular formula is C13H24N2O3. The van der Waals surface area contributed by atoms with Crippen molar-refractivity contribution < 1.29 is 14.3 Å². The summed E-state index contributed by atoms with van der Waals surface area (Å²) >= 11 is 0. The van der Waals surface area contributed by atoms with E-state index in [1.165, 1.54) is 13.5 Å². The molecule has 1 heterocycles. The molecule has 0 aliphatic carbocycles. The molecule has 5 heteroatoms. The number of amides is 1. The largest absolute Gasteiger partial charge is 0.467 e. The first-order valence-electron chi connectivity index (χ1n) is 6.65. The van der Waals surface area contributed by atoms with Gasteiger partial charge in [0.2, 0.25) is 5.91 Å². The second-order valence-corrected chi connectivity index (χ2v) is 5.14. The molecule has 2 atom stereocenters. The van der Waals surface area contributed by atoms with Crippen molar-refractivity contribution in [2.75, 3.05) is 13.7 Å². The van der Waals surface area contributed by atoms with Crippen LogP contribution in [0.4, 0.5) is 0 Å². The molecule has 5 nitrogen and oxygen atoms in total. The van der Waals surface area contributed by atoms with Gasteiger partial charge in [0.1, 0.15) is 6.04 Å². The molecule has 1 fully saturated rings. The number of methoxy groups -OCH3 is 1. The van der Waals surface area contributed by atoms with Crippen LogP contribution in [0.3, 0.4) is 0 Å². The number of hydrogen-bond donors (Lipinski definition) is 2. The molecule has 0 aromatic rings. The Bertz CT molecular complexity index is 286. The highest BCUT2D eigenvalue weighted by atomic mass is 16.5. The third-order valence-electron chi connectivity index (χ3n) is 3.32. The summed E-state index contributed by atoms with van der Waals surface area (Å²) in [5.74, 6) is -0.420. The second kappa shape index (κ2) is 7.36. The molecule has 1 amide bonds. The fourth-order valence-corrected chi connectivity index (χ4v) is 2.18. The van der Waals surface area contributed by atoms with Crippen LogP contribution in [0, 0.1) is 5.92 Å². The number of rotatable bonds is 6. The Labute approximate surface area is 109 Å². The molecule has 18 heavy (non-hydrogen) atoms. The minimum atomic E-state index is -0.543. The summed E-state index contributed by atoms with van der Waals surface area (Å²) in [6.07, 6.45) is 3.61. The van der Waals surface area contributed by atoms with Crippen molar-refractivity contribution in [1.82, 2.24) is 10.6 Å². The average molecular weight is 256 g/mol. The van der Waals surface area contributed by atoms with Crippen LogP contribution in [-0.4, -0.2) is 37.6 Å². The van der Waals surface area contributed by atoms with Gasteiger partial charge in [-0.25, -0.2) is 4.79 Å². The zero-order valence-electron chi connectivity index (χ0n) is 11.5. The molecule has 0 saturated carbocycles. The Balaban J connectivity index is 2.33. The molecule has 1 aliphatic rings. The van der Waals surface area contributed by atoms with Crippen molar-refractivity contribution in [1.29, 1.82) is 0 Å². The topological polar surface area (TPSA) is 67.4 Å². The SMILES string of the molecule is COC(=O)C(NC(=O)CCC1CCCN1)C(C)C. The van der Waals surface area contributed by atoms with Gasteiger partial charge in [0.15, 0.2) is 0 Å². The third kappa shape index (κ3) is 4.64. The number of nitrogens with one attached hydrogen (secondary N) is 2. The van der Waals surface area contributed by atoms with Crippen LogP contribution in [0.2, 0.25) is 0 Å². The maximum atomic E-state index is 11.8. The Kier molecular flexibility index (Phi) is 6.12. The number of hydrogen-bond acceptors (Lipinski definition) is 4. The van der Waals surface area contributed by atoms with Crippen LogP contribution >= 0.6 is 0 Å². The molecule has 0 bridgehead atoms. The lowest BCUT2D eigenvalue weighted by molar-refractivity contribution is -0.146. The monoisotopic (exact) mass is 256 g/mol. The Hall–Kier alpha value is -1.10. The summed E-state index contributed by atoms with van der Waals surface area (Å²) in [6, 6.07) is -0.0922. The summed E-state index contributed by atoms with van der Waals surface area (Å²) in [6.45, 7) is 4.82. The summed E-state index contributed by atoms with van der Waals surface area (Å²) in [5, 5.41) is 6.10. The van der Waals surface area contributed by atoms with Crippen LogP contribution in [-0.2, 0) is 14.3 Å². The predicted molar refractivity (Wildman–Crippen MR) is 69.0 cm³/mol. The van der Waals surface area contributed by atoms with Crippen molar-refractivity contribution in [2.45, 2.75) is 51.6 Å². The lowest BCUT2D eigenvalue weighted by Crippen LogP contribution is -2.45. The van der Waals surface area contributed by atoms with Gasteiger partial charge in [-0.3, -0.25) is 4.79 Å². The van der Waals surface area contributed by atoms with E-state index in [0.717, 1.165) is 19.4 Å². The maximum absolute atomic E-state index is 11.8. The van der Waals surface area contributed by atoms with E-state index in [2.05, 4.69) is 15.4 Å². The van der Waals surface area contributed by atoms with Gasteiger partial charge in [-0.05, 0) is 31.7 Å². The molecule has 2 N–H and O–H groups in total. The van der Waals surface area contributed by atoms with Gasteiger partial charge in [-0.15, -0.1) is 0 Å². The highest BCUT2D eigenvalue weighted by Crippen LogP contribution is 2.11. The minimum Gasteiger partial charge on any atom is -0.467 e. The molecule has 1 rings (SSSR count). The standard InChI is InChI=1S/C13H24N2O3/c1-9(2)12(13(17)18-3)15-11(16)7-6-10-5-4-8-14-10/h9-10,12,14H,4-8H2,1-3H3,(H,15,16). The maximum Gasteiger partial charge on any atom is 0.328 e. The first kappa shape index (κ1) is 15.0. The van der Waals surface area contributed by atoms with Crippen molar-refractivity contribution in [3.8, 4) is 0 Å². The Morgan fingerprint density at radius 3 is 2.67 bits per heavy atom. The zero-order chi connectivity index (χ0) is 13.5. The number of carbonyl (C=O) groups excluding carboxylic acids is 2. The van der Waals surface area contributed by atoms with Crippen LogP contribution in [0.25, 0.3) is 0 Å². The van der Waals surface area contributed by atoms with Gasteiger partial charge in [-0.2, -0.15) is 0 Å². The number of esters is 1. The summed E-state index contributed by atoms with van der Waals surface area (Å²) in [5.41, 5.74) is 0. The fraction of sp³-hybridized carbons (Fsp3) is 0.846. The van der Waals surface area contributed by atoms with E-state index in [-0.39, 0.29) is 17.8 Å². The van der Waals surface area contributed by atoms with Crippen molar-refractivity contribution in [2.24, 2.45) is 5.92 Å². The summed E-state index contributed by atoms with van der Waals surface area (Å²) in [7, 11) is 1.34. The molecule has 2 unspecified atom stereocenters. The van der Waals surface area contributed by atoms with Crippen LogP contribution < -0.4 is 10.6 Å². The smallest absolute Gasteiger partial charge is 0.328 e. The van der Waals surface area contributed by atoms with Gasteiger partial charge in [0, 0.05) is 12.5 Å². The lowest BCUT2D eigenvalue weighted by Gasteiger charge is -2.20. The molecule has 1 saturated heterocycles. The van der Waals surface area contributed by atoms with Gasteiger partial charge in [-0.1, -0.05) is 13.8 Å². The van der Waals surface area contributed by atoms with Crippen LogP contribution in [0.5, 0.6) is 0 Å². The Morgan fingerprint density at radius 2 is 2.17 bits per heavy atom. The predicted octanol–water partition coefficient (Wildman–Crippen LogP) is 0.832. The van der Waals surface area contributed by atoms with Crippen LogP contribution in [0.15, 0.2) is 0 Å². The highest BCUT2D eigenvalue weighted by molar-refractivity contribution is 5.84. The van der Waals surface area contributed by atoms with Crippen molar-refractivity contribution in [3.63, 3.8) is 0 Å². The first-order chi connectivity index (χ1) is 8.54. The molecule has 1 aliphatic heterocycles. The van der Waals surface area contributed by atoms with Gasteiger partial charge in [0.25, 0.3) is 0 Å². The molecular weight excluding hydrogens is 232 g/mol. The third-order valence-corrected chi connectivity index (χ3v) is 3.32. The van der Waals surface area contributed by atoms with E-state index in [1.54, 1.807) is 0 Å². The van der Waals surface area contributed by atoms with Crippen LogP contribution in [0.1, 0.15) is 39.5 Å². The Morgan fingerprint density at radius 1 is 1.44 bits per heavy atom. The number of ether oxygens (including phenoxy) is 1. The molecule has 0 spiro atoms.